The summed E-state index contributed by atoms with van der Waals surface area (Å²) in [4.78, 5) is 32.0. The van der Waals surface area contributed by atoms with Crippen LogP contribution in [0.2, 0.25) is 0 Å². The zero-order valence-corrected chi connectivity index (χ0v) is 17.2. The van der Waals surface area contributed by atoms with Crippen LogP contribution in [0.3, 0.4) is 0 Å². The van der Waals surface area contributed by atoms with Crippen LogP contribution in [0.1, 0.15) is 35.8 Å². The molecule has 3 aromatic rings. The second kappa shape index (κ2) is 9.50. The molecule has 0 aliphatic carbocycles. The van der Waals surface area contributed by atoms with Gasteiger partial charge in [-0.15, -0.1) is 11.3 Å². The standard InChI is InChI=1S/C21H26N4O2S/c1-3-24(4-2)20(26)15-25-17-10-6-5-9-16(17)23-19(25)12-7-13-22-21(27)18-11-8-14-28-18/h5-6,8-11,14H,3-4,7,12-13,15H2,1-2H3,(H,22,27). The van der Waals surface area contributed by atoms with Crippen molar-refractivity contribution in [3.63, 3.8) is 0 Å². The monoisotopic (exact) mass is 398 g/mol. The number of rotatable bonds is 9. The van der Waals surface area contributed by atoms with E-state index in [0.717, 1.165) is 28.2 Å². The van der Waals surface area contributed by atoms with Gasteiger partial charge >= 0.3 is 0 Å². The third kappa shape index (κ3) is 4.59. The maximum Gasteiger partial charge on any atom is 0.261 e. The molecule has 2 aromatic heterocycles. The smallest absolute Gasteiger partial charge is 0.261 e. The summed E-state index contributed by atoms with van der Waals surface area (Å²) in [6, 6.07) is 11.6. The molecular weight excluding hydrogens is 372 g/mol. The largest absolute Gasteiger partial charge is 0.351 e. The molecule has 0 radical (unpaired) electrons. The van der Waals surface area contributed by atoms with Crippen molar-refractivity contribution in [2.24, 2.45) is 0 Å². The maximum absolute atomic E-state index is 12.6. The van der Waals surface area contributed by atoms with Gasteiger partial charge in [-0.1, -0.05) is 18.2 Å². The number of nitrogens with zero attached hydrogens (tertiary/aromatic N) is 3. The molecule has 1 aromatic carbocycles. The van der Waals surface area contributed by atoms with Crippen molar-refractivity contribution in [1.29, 1.82) is 0 Å². The number of thiophene rings is 1. The molecule has 7 heteroatoms. The van der Waals surface area contributed by atoms with Gasteiger partial charge in [-0.3, -0.25) is 9.59 Å². The lowest BCUT2D eigenvalue weighted by atomic mass is 10.3. The molecule has 0 aliphatic heterocycles. The van der Waals surface area contributed by atoms with Gasteiger partial charge in [0.2, 0.25) is 5.91 Å². The molecule has 3 rings (SSSR count). The Morgan fingerprint density at radius 1 is 1.14 bits per heavy atom. The first-order valence-electron chi connectivity index (χ1n) is 9.67. The fourth-order valence-corrected chi connectivity index (χ4v) is 3.89. The molecule has 0 bridgehead atoms. The number of fused-ring (bicyclic) bond motifs is 1. The van der Waals surface area contributed by atoms with Gasteiger partial charge in [-0.25, -0.2) is 4.98 Å². The molecule has 0 aliphatic rings. The fourth-order valence-electron chi connectivity index (χ4n) is 3.25. The van der Waals surface area contributed by atoms with Gasteiger partial charge < -0.3 is 14.8 Å². The maximum atomic E-state index is 12.6. The molecule has 0 atom stereocenters. The highest BCUT2D eigenvalue weighted by Crippen LogP contribution is 2.17. The number of imidazole rings is 1. The van der Waals surface area contributed by atoms with Crippen LogP contribution in [0.4, 0.5) is 0 Å². The quantitative estimate of drug-likeness (QED) is 0.562. The lowest BCUT2D eigenvalue weighted by Gasteiger charge is -2.20. The summed E-state index contributed by atoms with van der Waals surface area (Å²) in [6.45, 7) is 6.25. The summed E-state index contributed by atoms with van der Waals surface area (Å²) < 4.78 is 2.01. The first-order chi connectivity index (χ1) is 13.6. The second-order valence-electron chi connectivity index (χ2n) is 6.51. The van der Waals surface area contributed by atoms with Gasteiger partial charge in [0.25, 0.3) is 5.91 Å². The zero-order chi connectivity index (χ0) is 19.9. The SMILES string of the molecule is CCN(CC)C(=O)Cn1c(CCCNC(=O)c2cccs2)nc2ccccc21. The molecule has 148 valence electrons. The van der Waals surface area contributed by atoms with E-state index in [0.29, 0.717) is 32.6 Å². The molecule has 0 spiro atoms. The number of amides is 2. The molecule has 6 nitrogen and oxygen atoms in total. The van der Waals surface area contributed by atoms with Crippen molar-refractivity contribution >= 4 is 34.2 Å². The molecule has 0 saturated carbocycles. The van der Waals surface area contributed by atoms with E-state index in [-0.39, 0.29) is 11.8 Å². The van der Waals surface area contributed by atoms with E-state index in [4.69, 9.17) is 4.98 Å². The van der Waals surface area contributed by atoms with E-state index >= 15 is 0 Å². The van der Waals surface area contributed by atoms with Crippen LogP contribution in [0.5, 0.6) is 0 Å². The van der Waals surface area contributed by atoms with Crippen molar-refractivity contribution < 1.29 is 9.59 Å². The minimum absolute atomic E-state index is 0.0415. The first-order valence-corrected chi connectivity index (χ1v) is 10.6. The number of benzene rings is 1. The van der Waals surface area contributed by atoms with Gasteiger partial charge in [0.1, 0.15) is 12.4 Å². The lowest BCUT2D eigenvalue weighted by Crippen LogP contribution is -2.33. The molecule has 0 fully saturated rings. The Hall–Kier alpha value is -2.67. The van der Waals surface area contributed by atoms with Crippen molar-refractivity contribution in [3.05, 3.63) is 52.5 Å². The molecule has 2 heterocycles. The molecule has 28 heavy (non-hydrogen) atoms. The lowest BCUT2D eigenvalue weighted by molar-refractivity contribution is -0.131. The van der Waals surface area contributed by atoms with E-state index in [2.05, 4.69) is 5.32 Å². The molecular formula is C21H26N4O2S. The Bertz CT molecular complexity index is 929. The molecule has 0 unspecified atom stereocenters. The highest BCUT2D eigenvalue weighted by molar-refractivity contribution is 7.12. The number of carbonyl (C=O) groups is 2. The Morgan fingerprint density at radius 3 is 2.64 bits per heavy atom. The minimum Gasteiger partial charge on any atom is -0.351 e. The summed E-state index contributed by atoms with van der Waals surface area (Å²) in [5.41, 5.74) is 1.87. The fraction of sp³-hybridized carbons (Fsp3) is 0.381. The summed E-state index contributed by atoms with van der Waals surface area (Å²) >= 11 is 1.43. The predicted molar refractivity (Wildman–Crippen MR) is 113 cm³/mol. The number of hydrogen-bond donors (Lipinski definition) is 1. The van der Waals surface area contributed by atoms with Crippen LogP contribution in [0.15, 0.2) is 41.8 Å². The summed E-state index contributed by atoms with van der Waals surface area (Å²) in [5.74, 6) is 0.938. The minimum atomic E-state index is -0.0415. The summed E-state index contributed by atoms with van der Waals surface area (Å²) in [6.07, 6.45) is 1.46. The van der Waals surface area contributed by atoms with Gasteiger partial charge in [-0.05, 0) is 43.8 Å². The van der Waals surface area contributed by atoms with Gasteiger partial charge in [0, 0.05) is 26.1 Å². The number of nitrogens with one attached hydrogen (secondary N) is 1. The molecule has 0 saturated heterocycles. The first kappa shape index (κ1) is 20.1. The normalized spacial score (nSPS) is 10.9. The summed E-state index contributed by atoms with van der Waals surface area (Å²) in [5, 5.41) is 4.84. The van der Waals surface area contributed by atoms with E-state index in [1.807, 2.05) is 65.1 Å². The van der Waals surface area contributed by atoms with E-state index < -0.39 is 0 Å². The Labute approximate surface area is 169 Å². The van der Waals surface area contributed by atoms with Gasteiger partial charge in [-0.2, -0.15) is 0 Å². The topological polar surface area (TPSA) is 67.2 Å². The van der Waals surface area contributed by atoms with Crippen LogP contribution in [0, 0.1) is 0 Å². The third-order valence-electron chi connectivity index (χ3n) is 4.75. The number of para-hydroxylation sites is 2. The second-order valence-corrected chi connectivity index (χ2v) is 7.45. The Morgan fingerprint density at radius 2 is 1.93 bits per heavy atom. The number of likely N-dealkylation sites (N-methyl/N-ethyl adjacent to an activating group) is 1. The van der Waals surface area contributed by atoms with Crippen molar-refractivity contribution in [2.75, 3.05) is 19.6 Å². The van der Waals surface area contributed by atoms with Crippen molar-refractivity contribution in [3.8, 4) is 0 Å². The molecule has 2 amide bonds. The van der Waals surface area contributed by atoms with Crippen LogP contribution in [-0.4, -0.2) is 45.9 Å². The van der Waals surface area contributed by atoms with Crippen LogP contribution in [-0.2, 0) is 17.8 Å². The highest BCUT2D eigenvalue weighted by atomic mass is 32.1. The predicted octanol–water partition coefficient (Wildman–Crippen LogP) is 3.33. The number of carbonyl (C=O) groups excluding carboxylic acids is 2. The Balaban J connectivity index is 1.68. The van der Waals surface area contributed by atoms with Crippen molar-refractivity contribution in [1.82, 2.24) is 19.8 Å². The van der Waals surface area contributed by atoms with Gasteiger partial charge in [0.15, 0.2) is 0 Å². The number of hydrogen-bond acceptors (Lipinski definition) is 4. The summed E-state index contributed by atoms with van der Waals surface area (Å²) in [7, 11) is 0. The van der Waals surface area contributed by atoms with Crippen LogP contribution >= 0.6 is 11.3 Å². The Kier molecular flexibility index (Phi) is 6.81. The average molecular weight is 399 g/mol. The number of aryl methyl sites for hydroxylation is 1. The zero-order valence-electron chi connectivity index (χ0n) is 16.4. The third-order valence-corrected chi connectivity index (χ3v) is 5.62. The molecule has 1 N–H and O–H groups in total. The van der Waals surface area contributed by atoms with Gasteiger partial charge in [0.05, 0.1) is 15.9 Å². The number of aromatic nitrogens is 2. The van der Waals surface area contributed by atoms with Crippen LogP contribution < -0.4 is 5.32 Å². The van der Waals surface area contributed by atoms with E-state index in [1.165, 1.54) is 11.3 Å². The van der Waals surface area contributed by atoms with E-state index in [1.54, 1.807) is 0 Å². The average Bonchev–Trinajstić information content (AvgIpc) is 3.35. The van der Waals surface area contributed by atoms with Crippen molar-refractivity contribution in [2.45, 2.75) is 33.2 Å². The van der Waals surface area contributed by atoms with E-state index in [9.17, 15) is 9.59 Å². The highest BCUT2D eigenvalue weighted by Gasteiger charge is 2.16. The van der Waals surface area contributed by atoms with Crippen LogP contribution in [0.25, 0.3) is 11.0 Å².